The fraction of sp³-hybridized carbons (Fsp3) is 0.222. The summed E-state index contributed by atoms with van der Waals surface area (Å²) in [4.78, 5) is 25.3. The van der Waals surface area contributed by atoms with Gasteiger partial charge in [0, 0.05) is 37.1 Å². The minimum absolute atomic E-state index is 0.160. The Kier molecular flexibility index (Phi) is 6.32. The molecule has 0 atom stereocenters. The van der Waals surface area contributed by atoms with Gasteiger partial charge in [-0.25, -0.2) is 4.39 Å². The quantitative estimate of drug-likeness (QED) is 0.868. The van der Waals surface area contributed by atoms with E-state index in [0.29, 0.717) is 17.3 Å². The zero-order chi connectivity index (χ0) is 17.5. The largest absolute Gasteiger partial charge is 0.352 e. The molecule has 0 fully saturated rings. The third-order valence-corrected chi connectivity index (χ3v) is 3.70. The third kappa shape index (κ3) is 5.35. The zero-order valence-corrected chi connectivity index (χ0v) is 14.0. The first-order valence-corrected chi connectivity index (χ1v) is 7.88. The molecule has 4 nitrogen and oxygen atoms in total. The molecule has 0 unspecified atom stereocenters. The van der Waals surface area contributed by atoms with E-state index in [1.807, 2.05) is 0 Å². The first kappa shape index (κ1) is 17.9. The molecule has 6 heteroatoms. The van der Waals surface area contributed by atoms with Gasteiger partial charge in [0.2, 0.25) is 11.8 Å². The maximum absolute atomic E-state index is 12.8. The molecule has 2 aromatic rings. The summed E-state index contributed by atoms with van der Waals surface area (Å²) >= 11 is 5.94. The van der Waals surface area contributed by atoms with E-state index >= 15 is 0 Å². The number of hydrogen-bond donors (Lipinski definition) is 1. The number of rotatable bonds is 6. The SMILES string of the molecule is CC(=O)N(CCC(=O)NCc1ccc(F)cc1)c1cccc(Cl)c1. The van der Waals surface area contributed by atoms with E-state index in [1.165, 1.54) is 24.0 Å². The van der Waals surface area contributed by atoms with E-state index in [4.69, 9.17) is 11.6 Å². The number of carbonyl (C=O) groups is 2. The molecule has 0 saturated heterocycles. The van der Waals surface area contributed by atoms with Crippen LogP contribution in [0.1, 0.15) is 18.9 Å². The summed E-state index contributed by atoms with van der Waals surface area (Å²) in [7, 11) is 0. The highest BCUT2D eigenvalue weighted by molar-refractivity contribution is 6.30. The average molecular weight is 349 g/mol. The number of halogens is 2. The summed E-state index contributed by atoms with van der Waals surface area (Å²) in [6, 6.07) is 12.8. The van der Waals surface area contributed by atoms with Crippen LogP contribution in [-0.2, 0) is 16.1 Å². The molecule has 1 N–H and O–H groups in total. The molecular formula is C18H18ClFN2O2. The molecule has 0 spiro atoms. The normalized spacial score (nSPS) is 10.3. The molecule has 0 aliphatic heterocycles. The summed E-state index contributed by atoms with van der Waals surface area (Å²) in [5, 5.41) is 3.28. The number of anilines is 1. The zero-order valence-electron chi connectivity index (χ0n) is 13.3. The highest BCUT2D eigenvalue weighted by Gasteiger charge is 2.13. The first-order valence-electron chi connectivity index (χ1n) is 7.50. The third-order valence-electron chi connectivity index (χ3n) is 3.47. The molecule has 24 heavy (non-hydrogen) atoms. The number of carbonyl (C=O) groups excluding carboxylic acids is 2. The summed E-state index contributed by atoms with van der Waals surface area (Å²) in [5.74, 6) is -0.667. The van der Waals surface area contributed by atoms with Gasteiger partial charge >= 0.3 is 0 Å². The van der Waals surface area contributed by atoms with Gasteiger partial charge in [0.15, 0.2) is 0 Å². The first-order chi connectivity index (χ1) is 11.5. The lowest BCUT2D eigenvalue weighted by molar-refractivity contribution is -0.121. The van der Waals surface area contributed by atoms with Crippen LogP contribution in [-0.4, -0.2) is 18.4 Å². The van der Waals surface area contributed by atoms with E-state index in [0.717, 1.165) is 5.56 Å². The summed E-state index contributed by atoms with van der Waals surface area (Å²) < 4.78 is 12.8. The Bertz CT molecular complexity index is 719. The van der Waals surface area contributed by atoms with Crippen molar-refractivity contribution in [1.82, 2.24) is 5.32 Å². The van der Waals surface area contributed by atoms with Crippen molar-refractivity contribution < 1.29 is 14.0 Å². The molecule has 0 saturated carbocycles. The fourth-order valence-electron chi connectivity index (χ4n) is 2.22. The van der Waals surface area contributed by atoms with Crippen LogP contribution in [0.5, 0.6) is 0 Å². The lowest BCUT2D eigenvalue weighted by Crippen LogP contribution is -2.33. The molecule has 0 heterocycles. The maximum atomic E-state index is 12.8. The van der Waals surface area contributed by atoms with Gasteiger partial charge in [0.1, 0.15) is 5.82 Å². The predicted molar refractivity (Wildman–Crippen MR) is 92.3 cm³/mol. The molecule has 126 valence electrons. The Morgan fingerprint density at radius 1 is 1.17 bits per heavy atom. The van der Waals surface area contributed by atoms with Crippen molar-refractivity contribution in [1.29, 1.82) is 0 Å². The van der Waals surface area contributed by atoms with Gasteiger partial charge in [-0.1, -0.05) is 29.8 Å². The van der Waals surface area contributed by atoms with E-state index in [2.05, 4.69) is 5.32 Å². The second kappa shape index (κ2) is 8.45. The number of amides is 2. The van der Waals surface area contributed by atoms with Crippen LogP contribution in [0.25, 0.3) is 0 Å². The van der Waals surface area contributed by atoms with Gasteiger partial charge < -0.3 is 10.2 Å². The van der Waals surface area contributed by atoms with Gasteiger partial charge in [-0.15, -0.1) is 0 Å². The summed E-state index contributed by atoms with van der Waals surface area (Å²) in [6.45, 7) is 2.01. The van der Waals surface area contributed by atoms with Gasteiger partial charge in [-0.3, -0.25) is 9.59 Å². The lowest BCUT2D eigenvalue weighted by atomic mass is 10.2. The smallest absolute Gasteiger partial charge is 0.223 e. The molecule has 0 aliphatic rings. The molecule has 0 radical (unpaired) electrons. The molecule has 0 aromatic heterocycles. The molecule has 2 amide bonds. The van der Waals surface area contributed by atoms with Crippen molar-refractivity contribution in [3.8, 4) is 0 Å². The van der Waals surface area contributed by atoms with Crippen molar-refractivity contribution in [2.75, 3.05) is 11.4 Å². The molecular weight excluding hydrogens is 331 g/mol. The summed E-state index contributed by atoms with van der Waals surface area (Å²) in [6.07, 6.45) is 0.160. The van der Waals surface area contributed by atoms with E-state index < -0.39 is 0 Å². The van der Waals surface area contributed by atoms with Gasteiger partial charge in [0.05, 0.1) is 0 Å². The average Bonchev–Trinajstić information content (AvgIpc) is 2.54. The highest BCUT2D eigenvalue weighted by Crippen LogP contribution is 2.19. The second-order valence-corrected chi connectivity index (χ2v) is 5.74. The number of benzene rings is 2. The van der Waals surface area contributed by atoms with Crippen LogP contribution < -0.4 is 10.2 Å². The van der Waals surface area contributed by atoms with E-state index in [9.17, 15) is 14.0 Å². The molecule has 0 bridgehead atoms. The lowest BCUT2D eigenvalue weighted by Gasteiger charge is -2.21. The van der Waals surface area contributed by atoms with Crippen LogP contribution in [0.4, 0.5) is 10.1 Å². The summed E-state index contributed by atoms with van der Waals surface area (Å²) in [5.41, 5.74) is 1.46. The number of nitrogens with one attached hydrogen (secondary N) is 1. The van der Waals surface area contributed by atoms with Crippen LogP contribution in [0, 0.1) is 5.82 Å². The Morgan fingerprint density at radius 2 is 1.88 bits per heavy atom. The van der Waals surface area contributed by atoms with Crippen molar-refractivity contribution in [2.45, 2.75) is 19.9 Å². The Labute approximate surface area is 145 Å². The van der Waals surface area contributed by atoms with Gasteiger partial charge in [-0.05, 0) is 35.9 Å². The van der Waals surface area contributed by atoms with Crippen molar-refractivity contribution >= 4 is 29.1 Å². The molecule has 2 aromatic carbocycles. The van der Waals surface area contributed by atoms with Crippen LogP contribution in [0.2, 0.25) is 5.02 Å². The van der Waals surface area contributed by atoms with Crippen LogP contribution >= 0.6 is 11.6 Å². The Balaban J connectivity index is 1.88. The standard InChI is InChI=1S/C18H18ClFN2O2/c1-13(23)22(17-4-2-3-15(19)11-17)10-9-18(24)21-12-14-5-7-16(20)8-6-14/h2-8,11H,9-10,12H2,1H3,(H,21,24). The van der Waals surface area contributed by atoms with E-state index in [-0.39, 0.29) is 30.6 Å². The van der Waals surface area contributed by atoms with Gasteiger partial charge in [0.25, 0.3) is 0 Å². The second-order valence-electron chi connectivity index (χ2n) is 5.30. The number of nitrogens with zero attached hydrogens (tertiary/aromatic N) is 1. The van der Waals surface area contributed by atoms with Crippen molar-refractivity contribution in [3.63, 3.8) is 0 Å². The fourth-order valence-corrected chi connectivity index (χ4v) is 2.40. The van der Waals surface area contributed by atoms with E-state index in [1.54, 1.807) is 36.4 Å². The minimum atomic E-state index is -0.316. The van der Waals surface area contributed by atoms with Crippen molar-refractivity contribution in [3.05, 3.63) is 64.9 Å². The Morgan fingerprint density at radius 3 is 2.50 bits per heavy atom. The minimum Gasteiger partial charge on any atom is -0.352 e. The predicted octanol–water partition coefficient (Wildman–Crippen LogP) is 3.54. The number of hydrogen-bond acceptors (Lipinski definition) is 2. The highest BCUT2D eigenvalue weighted by atomic mass is 35.5. The van der Waals surface area contributed by atoms with Crippen LogP contribution in [0.3, 0.4) is 0 Å². The monoisotopic (exact) mass is 348 g/mol. The molecule has 0 aliphatic carbocycles. The maximum Gasteiger partial charge on any atom is 0.223 e. The molecule has 2 rings (SSSR count). The topological polar surface area (TPSA) is 49.4 Å². The van der Waals surface area contributed by atoms with Crippen LogP contribution in [0.15, 0.2) is 48.5 Å². The van der Waals surface area contributed by atoms with Gasteiger partial charge in [-0.2, -0.15) is 0 Å². The Hall–Kier alpha value is -2.40. The van der Waals surface area contributed by atoms with Crippen molar-refractivity contribution in [2.24, 2.45) is 0 Å².